The smallest absolute Gasteiger partial charge is 0.123 e. The minimum absolute atomic E-state index is 0.486. The van der Waals surface area contributed by atoms with Crippen LogP contribution in [0.4, 0.5) is 5.82 Å². The van der Waals surface area contributed by atoms with E-state index in [9.17, 15) is 0 Å². The summed E-state index contributed by atoms with van der Waals surface area (Å²) in [5.74, 6) is 1.29. The molecule has 0 aliphatic heterocycles. The second kappa shape index (κ2) is 6.27. The fraction of sp³-hybridized carbons (Fsp3) is 0.389. The number of fused-ring (bicyclic) bond motifs is 1. The van der Waals surface area contributed by atoms with Gasteiger partial charge in [0.05, 0.1) is 0 Å². The molecule has 3 heteroatoms. The van der Waals surface area contributed by atoms with Crippen LogP contribution in [-0.2, 0) is 19.3 Å². The number of benzene rings is 1. The zero-order valence-corrected chi connectivity index (χ0v) is 12.5. The number of hydrogen-bond donors (Lipinski definition) is 2. The van der Waals surface area contributed by atoms with Crippen LogP contribution < -0.4 is 11.1 Å². The number of nitrogen functional groups attached to an aromatic ring is 1. The number of nitrogens with one attached hydrogen (secondary N) is 1. The molecule has 0 bridgehead atoms. The molecule has 1 aliphatic carbocycles. The van der Waals surface area contributed by atoms with Crippen LogP contribution in [0.1, 0.15) is 23.1 Å². The second-order valence-electron chi connectivity index (χ2n) is 5.96. The topological polar surface area (TPSA) is 50.9 Å². The van der Waals surface area contributed by atoms with Crippen molar-refractivity contribution in [3.8, 4) is 0 Å². The Morgan fingerprint density at radius 3 is 2.86 bits per heavy atom. The van der Waals surface area contributed by atoms with Crippen LogP contribution in [0.2, 0.25) is 0 Å². The van der Waals surface area contributed by atoms with Crippen molar-refractivity contribution in [1.29, 1.82) is 0 Å². The minimum atomic E-state index is 0.486. The Hall–Kier alpha value is -1.87. The first-order valence-corrected chi connectivity index (χ1v) is 7.70. The van der Waals surface area contributed by atoms with Gasteiger partial charge in [0.25, 0.3) is 0 Å². The molecule has 3 rings (SSSR count). The van der Waals surface area contributed by atoms with Crippen LogP contribution >= 0.6 is 0 Å². The number of aromatic nitrogens is 1. The maximum absolute atomic E-state index is 5.79. The summed E-state index contributed by atoms with van der Waals surface area (Å²) in [7, 11) is 2.07. The summed E-state index contributed by atoms with van der Waals surface area (Å²) in [6.07, 6.45) is 6.42. The number of likely N-dealkylation sites (N-methyl/N-ethyl adjacent to an activating group) is 1. The Balaban J connectivity index is 1.73. The van der Waals surface area contributed by atoms with Gasteiger partial charge >= 0.3 is 0 Å². The Morgan fingerprint density at radius 2 is 2.10 bits per heavy atom. The normalized spacial score (nSPS) is 19.0. The summed E-state index contributed by atoms with van der Waals surface area (Å²) in [4.78, 5) is 4.07. The lowest BCUT2D eigenvalue weighted by Crippen LogP contribution is -2.38. The summed E-state index contributed by atoms with van der Waals surface area (Å²) < 4.78 is 0. The average molecular weight is 281 g/mol. The van der Waals surface area contributed by atoms with Crippen molar-refractivity contribution in [2.24, 2.45) is 5.92 Å². The molecule has 0 saturated carbocycles. The highest BCUT2D eigenvalue weighted by Crippen LogP contribution is 2.28. The SMILES string of the molecule is CNC(Cc1ccnc(N)c1)C1CCc2ccccc2C1. The molecule has 1 aromatic carbocycles. The van der Waals surface area contributed by atoms with Gasteiger partial charge in [0.15, 0.2) is 0 Å². The summed E-state index contributed by atoms with van der Waals surface area (Å²) in [6.45, 7) is 0. The van der Waals surface area contributed by atoms with Crippen molar-refractivity contribution in [2.75, 3.05) is 12.8 Å². The van der Waals surface area contributed by atoms with Gasteiger partial charge < -0.3 is 11.1 Å². The van der Waals surface area contributed by atoms with Gasteiger partial charge in [-0.25, -0.2) is 4.98 Å². The van der Waals surface area contributed by atoms with Gasteiger partial charge in [0, 0.05) is 12.2 Å². The van der Waals surface area contributed by atoms with E-state index >= 15 is 0 Å². The zero-order chi connectivity index (χ0) is 14.7. The molecule has 2 aromatic rings. The van der Waals surface area contributed by atoms with Crippen molar-refractivity contribution in [1.82, 2.24) is 10.3 Å². The summed E-state index contributed by atoms with van der Waals surface area (Å²) in [5.41, 5.74) is 10.1. The number of nitrogens with two attached hydrogens (primary N) is 1. The van der Waals surface area contributed by atoms with E-state index in [1.165, 1.54) is 36.0 Å². The highest BCUT2D eigenvalue weighted by molar-refractivity contribution is 5.33. The van der Waals surface area contributed by atoms with Crippen LogP contribution in [0.3, 0.4) is 0 Å². The number of anilines is 1. The molecule has 2 unspecified atom stereocenters. The standard InChI is InChI=1S/C18H23N3/c1-20-17(10-13-8-9-21-18(19)11-13)16-7-6-14-4-2-3-5-15(14)12-16/h2-5,8-9,11,16-17,20H,6-7,10,12H2,1H3,(H2,19,21). The average Bonchev–Trinajstić information content (AvgIpc) is 2.52. The molecule has 0 saturated heterocycles. The number of aryl methyl sites for hydroxylation is 1. The van der Waals surface area contributed by atoms with E-state index in [-0.39, 0.29) is 0 Å². The van der Waals surface area contributed by atoms with E-state index in [0.717, 1.165) is 6.42 Å². The van der Waals surface area contributed by atoms with E-state index in [1.54, 1.807) is 6.20 Å². The third-order valence-corrected chi connectivity index (χ3v) is 4.63. The van der Waals surface area contributed by atoms with E-state index in [2.05, 4.69) is 47.7 Å². The Labute approximate surface area is 126 Å². The number of rotatable bonds is 4. The van der Waals surface area contributed by atoms with Crippen molar-refractivity contribution < 1.29 is 0 Å². The lowest BCUT2D eigenvalue weighted by atomic mass is 9.78. The quantitative estimate of drug-likeness (QED) is 0.905. The molecule has 3 nitrogen and oxygen atoms in total. The predicted octanol–water partition coefficient (Wildman–Crippen LogP) is 2.60. The Bertz CT molecular complexity index is 609. The van der Waals surface area contributed by atoms with Crippen LogP contribution in [0.5, 0.6) is 0 Å². The van der Waals surface area contributed by atoms with E-state index in [1.807, 2.05) is 6.07 Å². The van der Waals surface area contributed by atoms with Crippen molar-refractivity contribution in [3.05, 3.63) is 59.3 Å². The first kappa shape index (κ1) is 14.1. The van der Waals surface area contributed by atoms with Crippen molar-refractivity contribution in [3.63, 3.8) is 0 Å². The Morgan fingerprint density at radius 1 is 1.29 bits per heavy atom. The summed E-state index contributed by atoms with van der Waals surface area (Å²) in [5, 5.41) is 3.51. The van der Waals surface area contributed by atoms with Gasteiger partial charge in [0.1, 0.15) is 5.82 Å². The largest absolute Gasteiger partial charge is 0.384 e. The second-order valence-corrected chi connectivity index (χ2v) is 5.96. The summed E-state index contributed by atoms with van der Waals surface area (Å²) in [6, 6.07) is 13.4. The molecule has 0 amide bonds. The lowest BCUT2D eigenvalue weighted by molar-refractivity contribution is 0.333. The first-order chi connectivity index (χ1) is 10.3. The molecule has 2 atom stereocenters. The summed E-state index contributed by atoms with van der Waals surface area (Å²) >= 11 is 0. The van der Waals surface area contributed by atoms with Crippen LogP contribution in [0.25, 0.3) is 0 Å². The van der Waals surface area contributed by atoms with Gasteiger partial charge in [-0.15, -0.1) is 0 Å². The molecule has 21 heavy (non-hydrogen) atoms. The van der Waals surface area contributed by atoms with Crippen molar-refractivity contribution >= 4 is 5.82 Å². The van der Waals surface area contributed by atoms with E-state index < -0.39 is 0 Å². The third kappa shape index (κ3) is 3.24. The van der Waals surface area contributed by atoms with Crippen LogP contribution in [0, 0.1) is 5.92 Å². The third-order valence-electron chi connectivity index (χ3n) is 4.63. The van der Waals surface area contributed by atoms with Gasteiger partial charge in [0.2, 0.25) is 0 Å². The fourth-order valence-corrected chi connectivity index (χ4v) is 3.45. The van der Waals surface area contributed by atoms with Crippen molar-refractivity contribution in [2.45, 2.75) is 31.7 Å². The van der Waals surface area contributed by atoms with Crippen LogP contribution in [-0.4, -0.2) is 18.1 Å². The van der Waals surface area contributed by atoms with Gasteiger partial charge in [-0.1, -0.05) is 24.3 Å². The minimum Gasteiger partial charge on any atom is -0.384 e. The molecular weight excluding hydrogens is 258 g/mol. The lowest BCUT2D eigenvalue weighted by Gasteiger charge is -2.31. The fourth-order valence-electron chi connectivity index (χ4n) is 3.45. The Kier molecular flexibility index (Phi) is 4.20. The molecular formula is C18H23N3. The molecule has 3 N–H and O–H groups in total. The maximum atomic E-state index is 5.79. The number of hydrogen-bond acceptors (Lipinski definition) is 3. The predicted molar refractivity (Wildman–Crippen MR) is 87.2 cm³/mol. The van der Waals surface area contributed by atoms with Gasteiger partial charge in [-0.2, -0.15) is 0 Å². The van der Waals surface area contributed by atoms with E-state index in [4.69, 9.17) is 5.73 Å². The molecule has 0 radical (unpaired) electrons. The molecule has 110 valence electrons. The first-order valence-electron chi connectivity index (χ1n) is 7.70. The van der Waals surface area contributed by atoms with Gasteiger partial charge in [-0.3, -0.25) is 0 Å². The highest BCUT2D eigenvalue weighted by atomic mass is 14.9. The molecule has 1 aliphatic rings. The number of nitrogens with zero attached hydrogens (tertiary/aromatic N) is 1. The van der Waals surface area contributed by atoms with E-state index in [0.29, 0.717) is 17.8 Å². The maximum Gasteiger partial charge on any atom is 0.123 e. The molecule has 0 fully saturated rings. The number of pyridine rings is 1. The van der Waals surface area contributed by atoms with Crippen LogP contribution in [0.15, 0.2) is 42.6 Å². The highest BCUT2D eigenvalue weighted by Gasteiger charge is 2.25. The monoisotopic (exact) mass is 281 g/mol. The molecule has 1 aromatic heterocycles. The molecule has 0 spiro atoms. The van der Waals surface area contributed by atoms with Gasteiger partial charge in [-0.05, 0) is 67.5 Å². The molecule has 1 heterocycles. The zero-order valence-electron chi connectivity index (χ0n) is 12.5.